The summed E-state index contributed by atoms with van der Waals surface area (Å²) < 4.78 is 0. The Morgan fingerprint density at radius 1 is 1.33 bits per heavy atom. The number of fused-ring (bicyclic) bond motifs is 3. The Hall–Kier alpha value is -0.860. The van der Waals surface area contributed by atoms with Crippen LogP contribution in [0.2, 0.25) is 0 Å². The largest absolute Gasteiger partial charge is 0.220 e. The third-order valence-electron chi connectivity index (χ3n) is 2.93. The molecule has 1 aromatic rings. The van der Waals surface area contributed by atoms with Crippen molar-refractivity contribution < 1.29 is 0 Å². The SMILES string of the molecule is CN1C2c3ccccc3CCN21. The quantitative estimate of drug-likeness (QED) is 0.529. The minimum Gasteiger partial charge on any atom is -0.220 e. The summed E-state index contributed by atoms with van der Waals surface area (Å²) >= 11 is 0. The maximum absolute atomic E-state index is 2.41. The lowest BCUT2D eigenvalue weighted by atomic mass is 10.0. The number of hydrogen-bond donors (Lipinski definition) is 0. The van der Waals surface area contributed by atoms with Crippen LogP contribution < -0.4 is 0 Å². The maximum Gasteiger partial charge on any atom is 0.115 e. The zero-order chi connectivity index (χ0) is 8.13. The van der Waals surface area contributed by atoms with E-state index in [0.717, 1.165) is 0 Å². The van der Waals surface area contributed by atoms with Crippen LogP contribution in [0.15, 0.2) is 24.3 Å². The summed E-state index contributed by atoms with van der Waals surface area (Å²) in [5.74, 6) is 0. The van der Waals surface area contributed by atoms with Crippen molar-refractivity contribution in [3.63, 3.8) is 0 Å². The summed E-state index contributed by atoms with van der Waals surface area (Å²) in [5, 5.41) is 4.72. The Kier molecular flexibility index (Phi) is 1.15. The molecular formula is C10H12N2. The van der Waals surface area contributed by atoms with Crippen molar-refractivity contribution in [3.05, 3.63) is 35.4 Å². The molecule has 1 aromatic carbocycles. The molecule has 2 nitrogen and oxygen atoms in total. The number of hydrogen-bond acceptors (Lipinski definition) is 2. The molecule has 0 N–H and O–H groups in total. The van der Waals surface area contributed by atoms with Crippen LogP contribution in [0.1, 0.15) is 17.3 Å². The molecule has 3 rings (SSSR count). The third-order valence-corrected chi connectivity index (χ3v) is 2.93. The van der Waals surface area contributed by atoms with E-state index in [2.05, 4.69) is 41.3 Å². The molecule has 1 fully saturated rings. The number of nitrogens with zero attached hydrogens (tertiary/aromatic N) is 2. The second kappa shape index (κ2) is 2.09. The van der Waals surface area contributed by atoms with Crippen molar-refractivity contribution in [1.82, 2.24) is 10.0 Å². The first-order chi connectivity index (χ1) is 5.88. The summed E-state index contributed by atoms with van der Waals surface area (Å²) in [6.07, 6.45) is 1.80. The van der Waals surface area contributed by atoms with Crippen LogP contribution in [0.4, 0.5) is 0 Å². The van der Waals surface area contributed by atoms with Gasteiger partial charge in [0.05, 0.1) is 0 Å². The topological polar surface area (TPSA) is 6.02 Å². The van der Waals surface area contributed by atoms with Gasteiger partial charge in [-0.3, -0.25) is 0 Å². The van der Waals surface area contributed by atoms with E-state index in [1.54, 1.807) is 0 Å². The zero-order valence-corrected chi connectivity index (χ0v) is 7.20. The van der Waals surface area contributed by atoms with E-state index < -0.39 is 0 Å². The molecule has 1 saturated heterocycles. The molecule has 2 aliphatic rings. The predicted octanol–water partition coefficient (Wildman–Crippen LogP) is 1.40. The minimum absolute atomic E-state index is 0.593. The highest BCUT2D eigenvalue weighted by Gasteiger charge is 2.45. The Balaban J connectivity index is 2.10. The number of benzene rings is 1. The van der Waals surface area contributed by atoms with E-state index in [1.165, 1.54) is 24.1 Å². The molecule has 0 amide bonds. The molecule has 0 aliphatic carbocycles. The average Bonchev–Trinajstić information content (AvgIpc) is 2.78. The molecule has 2 aliphatic heterocycles. The van der Waals surface area contributed by atoms with Crippen molar-refractivity contribution in [2.24, 2.45) is 0 Å². The Morgan fingerprint density at radius 2 is 2.17 bits per heavy atom. The van der Waals surface area contributed by atoms with E-state index >= 15 is 0 Å². The van der Waals surface area contributed by atoms with Crippen LogP contribution in [-0.2, 0) is 6.42 Å². The van der Waals surface area contributed by atoms with Crippen LogP contribution in [-0.4, -0.2) is 23.6 Å². The van der Waals surface area contributed by atoms with Crippen molar-refractivity contribution in [1.29, 1.82) is 0 Å². The van der Waals surface area contributed by atoms with Crippen LogP contribution >= 0.6 is 0 Å². The minimum atomic E-state index is 0.593. The second-order valence-corrected chi connectivity index (χ2v) is 3.56. The zero-order valence-electron chi connectivity index (χ0n) is 7.20. The molecule has 3 unspecified atom stereocenters. The molecule has 2 heteroatoms. The highest BCUT2D eigenvalue weighted by atomic mass is 15.8. The fraction of sp³-hybridized carbons (Fsp3) is 0.400. The van der Waals surface area contributed by atoms with E-state index in [1.807, 2.05) is 0 Å². The molecule has 0 spiro atoms. The number of rotatable bonds is 0. The average molecular weight is 160 g/mol. The van der Waals surface area contributed by atoms with Crippen molar-refractivity contribution >= 4 is 0 Å². The van der Waals surface area contributed by atoms with Crippen molar-refractivity contribution in [3.8, 4) is 0 Å². The van der Waals surface area contributed by atoms with Gasteiger partial charge >= 0.3 is 0 Å². The molecule has 62 valence electrons. The van der Waals surface area contributed by atoms with Crippen LogP contribution in [0.5, 0.6) is 0 Å². The summed E-state index contributed by atoms with van der Waals surface area (Å²) in [7, 11) is 2.16. The van der Waals surface area contributed by atoms with Gasteiger partial charge in [0.15, 0.2) is 0 Å². The molecule has 12 heavy (non-hydrogen) atoms. The second-order valence-electron chi connectivity index (χ2n) is 3.56. The van der Waals surface area contributed by atoms with Gasteiger partial charge in [0.25, 0.3) is 0 Å². The molecule has 0 aromatic heterocycles. The molecule has 0 saturated carbocycles. The molecular weight excluding hydrogens is 148 g/mol. The smallest absolute Gasteiger partial charge is 0.115 e. The Labute approximate surface area is 72.4 Å². The first kappa shape index (κ1) is 6.63. The molecule has 0 bridgehead atoms. The van der Waals surface area contributed by atoms with Gasteiger partial charge in [-0.25, -0.2) is 10.0 Å². The van der Waals surface area contributed by atoms with E-state index in [9.17, 15) is 0 Å². The standard InChI is InChI=1S/C10H12N2/c1-11-10-9-5-3-2-4-8(9)6-7-12(10)11/h2-5,10H,6-7H2,1H3. The fourth-order valence-electron chi connectivity index (χ4n) is 2.19. The highest BCUT2D eigenvalue weighted by molar-refractivity contribution is 5.34. The van der Waals surface area contributed by atoms with E-state index in [0.29, 0.717) is 6.17 Å². The molecule has 0 radical (unpaired) electrons. The maximum atomic E-state index is 2.41. The van der Waals surface area contributed by atoms with Gasteiger partial charge in [-0.1, -0.05) is 24.3 Å². The fourth-order valence-corrected chi connectivity index (χ4v) is 2.19. The third kappa shape index (κ3) is 0.713. The van der Waals surface area contributed by atoms with Crippen molar-refractivity contribution in [2.45, 2.75) is 12.6 Å². The summed E-state index contributed by atoms with van der Waals surface area (Å²) in [5.41, 5.74) is 3.04. The van der Waals surface area contributed by atoms with Gasteiger partial charge in [-0.15, -0.1) is 0 Å². The van der Waals surface area contributed by atoms with Gasteiger partial charge in [0.2, 0.25) is 0 Å². The molecule has 3 atom stereocenters. The summed E-state index contributed by atoms with van der Waals surface area (Å²) in [6.45, 7) is 1.19. The van der Waals surface area contributed by atoms with Crippen LogP contribution in [0.3, 0.4) is 0 Å². The van der Waals surface area contributed by atoms with Gasteiger partial charge in [0, 0.05) is 13.6 Å². The van der Waals surface area contributed by atoms with E-state index in [4.69, 9.17) is 0 Å². The van der Waals surface area contributed by atoms with Crippen LogP contribution in [0.25, 0.3) is 0 Å². The van der Waals surface area contributed by atoms with Gasteiger partial charge < -0.3 is 0 Å². The van der Waals surface area contributed by atoms with Gasteiger partial charge in [-0.2, -0.15) is 0 Å². The first-order valence-corrected chi connectivity index (χ1v) is 4.45. The lowest BCUT2D eigenvalue weighted by Crippen LogP contribution is -2.12. The Bertz CT molecular complexity index is 321. The van der Waals surface area contributed by atoms with Crippen LogP contribution in [0, 0.1) is 0 Å². The normalized spacial score (nSPS) is 36.9. The van der Waals surface area contributed by atoms with Gasteiger partial charge in [-0.05, 0) is 17.5 Å². The summed E-state index contributed by atoms with van der Waals surface area (Å²) in [4.78, 5) is 0. The Morgan fingerprint density at radius 3 is 3.08 bits per heavy atom. The summed E-state index contributed by atoms with van der Waals surface area (Å²) in [6, 6.07) is 8.76. The van der Waals surface area contributed by atoms with E-state index in [-0.39, 0.29) is 0 Å². The first-order valence-electron chi connectivity index (χ1n) is 4.45. The van der Waals surface area contributed by atoms with Crippen molar-refractivity contribution in [2.75, 3.05) is 13.6 Å². The molecule has 2 heterocycles. The lowest BCUT2D eigenvalue weighted by Gasteiger charge is -2.12. The monoisotopic (exact) mass is 160 g/mol. The highest BCUT2D eigenvalue weighted by Crippen LogP contribution is 2.43. The number of hydrazine groups is 1. The lowest BCUT2D eigenvalue weighted by molar-refractivity contribution is 0.351. The van der Waals surface area contributed by atoms with Gasteiger partial charge in [0.1, 0.15) is 6.17 Å². The predicted molar refractivity (Wildman–Crippen MR) is 47.4 cm³/mol.